The summed E-state index contributed by atoms with van der Waals surface area (Å²) in [6.45, 7) is 2.92. The Morgan fingerprint density at radius 1 is 0.575 bits per heavy atom. The summed E-state index contributed by atoms with van der Waals surface area (Å²) in [7, 11) is -0.485. The van der Waals surface area contributed by atoms with Crippen molar-refractivity contribution in [3.8, 4) is 0 Å². The first-order chi connectivity index (χ1) is 19.6. The van der Waals surface area contributed by atoms with Crippen molar-refractivity contribution in [3.05, 3.63) is 0 Å². The van der Waals surface area contributed by atoms with Crippen molar-refractivity contribution in [2.75, 3.05) is 19.8 Å². The first-order valence-corrected chi connectivity index (χ1v) is 17.4. The minimum absolute atomic E-state index is 0.0600. The van der Waals surface area contributed by atoms with E-state index in [9.17, 15) is 14.2 Å². The molecule has 0 saturated heterocycles. The van der Waals surface area contributed by atoms with Crippen LogP contribution >= 0.6 is 8.69 Å². The standard InChI is InChI=1S/C32H62NO6P/c1-2-3-4-5-6-7-8-10-14-17-20-23-26-32(35)39-30(29-38-40-36)28-37-31(34)25-22-19-16-13-11-9-12-15-18-21-24-27-33/h30H,2-29,33H2,1H3/t30-/m1/s1. The van der Waals surface area contributed by atoms with Crippen LogP contribution in [0.2, 0.25) is 0 Å². The van der Waals surface area contributed by atoms with E-state index in [4.69, 9.17) is 19.7 Å². The Kier molecular flexibility index (Phi) is 31.6. The summed E-state index contributed by atoms with van der Waals surface area (Å²) in [6.07, 6.45) is 27.8. The zero-order valence-corrected chi connectivity index (χ0v) is 26.7. The molecular weight excluding hydrogens is 525 g/mol. The lowest BCUT2D eigenvalue weighted by Gasteiger charge is -2.16. The molecule has 0 aromatic heterocycles. The maximum absolute atomic E-state index is 12.2. The van der Waals surface area contributed by atoms with Crippen LogP contribution in [0.1, 0.15) is 167 Å². The van der Waals surface area contributed by atoms with Gasteiger partial charge in [0.15, 0.2) is 6.10 Å². The van der Waals surface area contributed by atoms with E-state index in [0.29, 0.717) is 12.8 Å². The van der Waals surface area contributed by atoms with Crippen LogP contribution in [-0.4, -0.2) is 37.8 Å². The Bertz CT molecular complexity index is 578. The molecule has 0 aromatic carbocycles. The highest BCUT2D eigenvalue weighted by Gasteiger charge is 2.17. The van der Waals surface area contributed by atoms with Crippen LogP contribution < -0.4 is 5.73 Å². The molecule has 0 radical (unpaired) electrons. The molecule has 0 bridgehead atoms. The normalized spacial score (nSPS) is 12.1. The maximum Gasteiger partial charge on any atom is 0.327 e. The first kappa shape index (κ1) is 39.0. The first-order valence-electron chi connectivity index (χ1n) is 16.6. The van der Waals surface area contributed by atoms with Crippen molar-refractivity contribution in [2.24, 2.45) is 5.73 Å². The minimum Gasteiger partial charge on any atom is -0.462 e. The molecule has 0 aliphatic heterocycles. The fourth-order valence-corrected chi connectivity index (χ4v) is 5.07. The highest BCUT2D eigenvalue weighted by molar-refractivity contribution is 7.17. The van der Waals surface area contributed by atoms with E-state index in [0.717, 1.165) is 51.5 Å². The second-order valence-corrected chi connectivity index (χ2v) is 11.6. The summed E-state index contributed by atoms with van der Waals surface area (Å²) in [5.41, 5.74) is 5.51. The lowest BCUT2D eigenvalue weighted by Crippen LogP contribution is -2.28. The smallest absolute Gasteiger partial charge is 0.327 e. The van der Waals surface area contributed by atoms with Crippen LogP contribution in [-0.2, 0) is 28.2 Å². The van der Waals surface area contributed by atoms with E-state index < -0.39 is 14.8 Å². The van der Waals surface area contributed by atoms with E-state index in [1.807, 2.05) is 0 Å². The Morgan fingerprint density at radius 2 is 0.975 bits per heavy atom. The average Bonchev–Trinajstić information content (AvgIpc) is 2.95. The van der Waals surface area contributed by atoms with Gasteiger partial charge in [-0.1, -0.05) is 135 Å². The van der Waals surface area contributed by atoms with E-state index in [-0.39, 0.29) is 25.2 Å². The fraction of sp³-hybridized carbons (Fsp3) is 0.938. The van der Waals surface area contributed by atoms with Gasteiger partial charge in [0, 0.05) is 12.8 Å². The molecule has 0 amide bonds. The molecule has 2 N–H and O–H groups in total. The highest BCUT2D eigenvalue weighted by Crippen LogP contribution is 2.14. The van der Waals surface area contributed by atoms with Crippen LogP contribution in [0.5, 0.6) is 0 Å². The maximum atomic E-state index is 12.2. The quantitative estimate of drug-likeness (QED) is 0.0475. The summed E-state index contributed by atoms with van der Waals surface area (Å²) in [5, 5.41) is 0. The largest absolute Gasteiger partial charge is 0.462 e. The van der Waals surface area contributed by atoms with Crippen molar-refractivity contribution in [2.45, 2.75) is 174 Å². The second kappa shape index (κ2) is 32.5. The predicted octanol–water partition coefficient (Wildman–Crippen LogP) is 9.40. The number of ether oxygens (including phenoxy) is 2. The van der Waals surface area contributed by atoms with Crippen molar-refractivity contribution >= 4 is 20.6 Å². The number of hydrogen-bond donors (Lipinski definition) is 1. The van der Waals surface area contributed by atoms with Gasteiger partial charge in [-0.3, -0.25) is 14.1 Å². The van der Waals surface area contributed by atoms with Crippen molar-refractivity contribution < 1.29 is 28.2 Å². The third-order valence-electron chi connectivity index (χ3n) is 7.36. The number of carbonyl (C=O) groups is 2. The fourth-order valence-electron chi connectivity index (χ4n) is 4.85. The van der Waals surface area contributed by atoms with Gasteiger partial charge in [0.1, 0.15) is 13.2 Å². The van der Waals surface area contributed by atoms with Crippen LogP contribution in [0.15, 0.2) is 0 Å². The van der Waals surface area contributed by atoms with Crippen molar-refractivity contribution in [1.29, 1.82) is 0 Å². The van der Waals surface area contributed by atoms with Crippen LogP contribution in [0.25, 0.3) is 0 Å². The lowest BCUT2D eigenvalue weighted by atomic mass is 10.0. The molecule has 0 unspecified atom stereocenters. The number of unbranched alkanes of at least 4 members (excludes halogenated alkanes) is 21. The molecule has 40 heavy (non-hydrogen) atoms. The second-order valence-electron chi connectivity index (χ2n) is 11.2. The number of nitrogens with two attached hydrogens (primary N) is 1. The van der Waals surface area contributed by atoms with Gasteiger partial charge in [0.2, 0.25) is 0 Å². The number of esters is 2. The van der Waals surface area contributed by atoms with Gasteiger partial charge < -0.3 is 15.2 Å². The molecule has 0 rings (SSSR count). The van der Waals surface area contributed by atoms with Gasteiger partial charge in [-0.15, -0.1) is 0 Å². The monoisotopic (exact) mass is 587 g/mol. The van der Waals surface area contributed by atoms with Crippen LogP contribution in [0, 0.1) is 0 Å². The highest BCUT2D eigenvalue weighted by atomic mass is 31.1. The van der Waals surface area contributed by atoms with Crippen LogP contribution in [0.3, 0.4) is 0 Å². The molecule has 0 aliphatic rings. The molecule has 0 aliphatic carbocycles. The molecule has 0 aromatic rings. The summed E-state index contributed by atoms with van der Waals surface area (Å²) in [4.78, 5) is 24.3. The summed E-state index contributed by atoms with van der Waals surface area (Å²) < 4.78 is 26.3. The molecule has 0 spiro atoms. The Balaban J connectivity index is 3.76. The van der Waals surface area contributed by atoms with Crippen molar-refractivity contribution in [1.82, 2.24) is 0 Å². The van der Waals surface area contributed by atoms with Gasteiger partial charge in [-0.25, -0.2) is 4.57 Å². The SMILES string of the molecule is CCCCCCCCCCCCCCC(=O)O[C@@H](COP=O)COC(=O)CCCCCCCCCCCCCN. The number of carbonyl (C=O) groups excluding carboxylic acids is 2. The minimum atomic E-state index is -0.731. The number of rotatable bonds is 32. The Labute approximate surface area is 247 Å². The molecular formula is C32H62NO6P. The van der Waals surface area contributed by atoms with E-state index in [1.54, 1.807) is 0 Å². The Hall–Kier alpha value is -1.04. The topological polar surface area (TPSA) is 105 Å². The molecule has 0 saturated carbocycles. The molecule has 1 atom stereocenters. The third-order valence-corrected chi connectivity index (χ3v) is 7.62. The summed E-state index contributed by atoms with van der Waals surface area (Å²) >= 11 is 0. The van der Waals surface area contributed by atoms with Gasteiger partial charge in [-0.05, 0) is 25.8 Å². The molecule has 7 nitrogen and oxygen atoms in total. The van der Waals surface area contributed by atoms with E-state index in [2.05, 4.69) is 6.92 Å². The third kappa shape index (κ3) is 29.9. The van der Waals surface area contributed by atoms with E-state index in [1.165, 1.54) is 103 Å². The molecule has 236 valence electrons. The van der Waals surface area contributed by atoms with Crippen LogP contribution in [0.4, 0.5) is 0 Å². The zero-order chi connectivity index (χ0) is 29.4. The zero-order valence-electron chi connectivity index (χ0n) is 25.9. The average molecular weight is 588 g/mol. The predicted molar refractivity (Wildman–Crippen MR) is 165 cm³/mol. The summed E-state index contributed by atoms with van der Waals surface area (Å²) in [6, 6.07) is 0. The van der Waals surface area contributed by atoms with Gasteiger partial charge in [0.05, 0.1) is 0 Å². The molecule has 0 heterocycles. The van der Waals surface area contributed by atoms with Gasteiger partial charge >= 0.3 is 20.6 Å². The van der Waals surface area contributed by atoms with Gasteiger partial charge in [0.25, 0.3) is 0 Å². The Morgan fingerprint density at radius 3 is 1.40 bits per heavy atom. The molecule has 0 fully saturated rings. The van der Waals surface area contributed by atoms with Gasteiger partial charge in [-0.2, -0.15) is 0 Å². The lowest BCUT2D eigenvalue weighted by molar-refractivity contribution is -0.160. The van der Waals surface area contributed by atoms with Crippen molar-refractivity contribution in [3.63, 3.8) is 0 Å². The number of hydrogen-bond acceptors (Lipinski definition) is 7. The molecule has 8 heteroatoms. The van der Waals surface area contributed by atoms with E-state index >= 15 is 0 Å². The summed E-state index contributed by atoms with van der Waals surface area (Å²) in [5.74, 6) is -0.617.